The van der Waals surface area contributed by atoms with Gasteiger partial charge in [0.25, 0.3) is 0 Å². The minimum absolute atomic E-state index is 0.734. The van der Waals surface area contributed by atoms with Crippen molar-refractivity contribution in [2.75, 3.05) is 18.1 Å². The van der Waals surface area contributed by atoms with E-state index in [-0.39, 0.29) is 0 Å². The van der Waals surface area contributed by atoms with Gasteiger partial charge < -0.3 is 14.2 Å². The molecular weight excluding hydrogens is 418 g/mol. The van der Waals surface area contributed by atoms with Gasteiger partial charge in [0.05, 0.1) is 6.67 Å². The number of anilines is 1. The van der Waals surface area contributed by atoms with Crippen LogP contribution < -0.4 is 4.90 Å². The predicted molar refractivity (Wildman–Crippen MR) is 138 cm³/mol. The van der Waals surface area contributed by atoms with Crippen LogP contribution in [-0.2, 0) is 6.42 Å². The van der Waals surface area contributed by atoms with Crippen LogP contribution in [0.4, 0.5) is 5.69 Å². The molecule has 0 bridgehead atoms. The molecule has 0 saturated carbocycles. The number of hydrogen-bond donors (Lipinski definition) is 0. The predicted octanol–water partition coefficient (Wildman–Crippen LogP) is 6.96. The molecule has 0 unspecified atom stereocenters. The highest BCUT2D eigenvalue weighted by Gasteiger charge is 2.20. The van der Waals surface area contributed by atoms with Gasteiger partial charge in [-0.15, -0.1) is 0 Å². The van der Waals surface area contributed by atoms with Gasteiger partial charge in [-0.25, -0.2) is 4.98 Å². The van der Waals surface area contributed by atoms with Crippen LogP contribution in [0.5, 0.6) is 0 Å². The Kier molecular flexibility index (Phi) is 5.32. The van der Waals surface area contributed by atoms with Crippen LogP contribution in [0.2, 0.25) is 0 Å². The number of para-hydroxylation sites is 1. The zero-order valence-electron chi connectivity index (χ0n) is 18.8. The smallest absolute Gasteiger partial charge is 0.197 e. The molecule has 0 N–H and O–H groups in total. The van der Waals surface area contributed by atoms with Crippen LogP contribution in [0.3, 0.4) is 0 Å². The molecule has 5 aromatic rings. The van der Waals surface area contributed by atoms with Crippen LogP contribution >= 0.6 is 0 Å². The van der Waals surface area contributed by atoms with Crippen LogP contribution in [0.15, 0.2) is 120 Å². The van der Waals surface area contributed by atoms with Crippen molar-refractivity contribution in [3.63, 3.8) is 0 Å². The van der Waals surface area contributed by atoms with Gasteiger partial charge in [0, 0.05) is 42.2 Å². The fourth-order valence-electron chi connectivity index (χ4n) is 4.51. The van der Waals surface area contributed by atoms with Crippen molar-refractivity contribution in [3.05, 3.63) is 121 Å². The summed E-state index contributed by atoms with van der Waals surface area (Å²) in [6.45, 7) is 1.66. The third kappa shape index (κ3) is 3.95. The summed E-state index contributed by atoms with van der Waals surface area (Å²) in [5.74, 6) is 1.59. The first-order valence-electron chi connectivity index (χ1n) is 11.6. The SMILES string of the molecule is C1=CN(c2ccccc2)CN1CCc1nc(-c2ccccc2)c(-c2cccc3ccccc23)o1. The van der Waals surface area contributed by atoms with E-state index in [2.05, 4.69) is 101 Å². The Morgan fingerprint density at radius 1 is 0.735 bits per heavy atom. The number of fused-ring (bicyclic) bond motifs is 1. The van der Waals surface area contributed by atoms with Crippen molar-refractivity contribution >= 4 is 16.5 Å². The maximum Gasteiger partial charge on any atom is 0.197 e. The normalized spacial score (nSPS) is 13.2. The number of rotatable bonds is 6. The second kappa shape index (κ2) is 8.91. The molecule has 6 rings (SSSR count). The molecule has 4 heteroatoms. The first-order valence-corrected chi connectivity index (χ1v) is 11.6. The maximum atomic E-state index is 6.46. The first-order chi connectivity index (χ1) is 16.8. The highest BCUT2D eigenvalue weighted by molar-refractivity contribution is 5.98. The summed E-state index contributed by atoms with van der Waals surface area (Å²) < 4.78 is 6.46. The molecule has 4 nitrogen and oxygen atoms in total. The Bertz CT molecular complexity index is 1430. The van der Waals surface area contributed by atoms with Crippen LogP contribution in [-0.4, -0.2) is 23.1 Å². The Morgan fingerprint density at radius 2 is 1.47 bits per heavy atom. The van der Waals surface area contributed by atoms with Gasteiger partial charge in [0.1, 0.15) is 5.69 Å². The Balaban J connectivity index is 1.29. The number of oxazole rings is 1. The Morgan fingerprint density at radius 3 is 2.32 bits per heavy atom. The largest absolute Gasteiger partial charge is 0.440 e. The molecule has 0 saturated heterocycles. The van der Waals surface area contributed by atoms with Crippen molar-refractivity contribution in [1.82, 2.24) is 9.88 Å². The van der Waals surface area contributed by atoms with E-state index in [1.54, 1.807) is 0 Å². The quantitative estimate of drug-likeness (QED) is 0.284. The van der Waals surface area contributed by atoms with Gasteiger partial charge in [-0.1, -0.05) is 91.0 Å². The summed E-state index contributed by atoms with van der Waals surface area (Å²) in [4.78, 5) is 9.50. The minimum Gasteiger partial charge on any atom is -0.440 e. The summed E-state index contributed by atoms with van der Waals surface area (Å²) in [5, 5.41) is 2.37. The molecular formula is C30H25N3O. The maximum absolute atomic E-state index is 6.46. The zero-order valence-corrected chi connectivity index (χ0v) is 18.8. The van der Waals surface area contributed by atoms with Gasteiger partial charge >= 0.3 is 0 Å². The minimum atomic E-state index is 0.734. The number of nitrogens with zero attached hydrogens (tertiary/aromatic N) is 3. The average Bonchev–Trinajstić information content (AvgIpc) is 3.56. The molecule has 0 fully saturated rings. The van der Waals surface area contributed by atoms with Gasteiger partial charge in [-0.3, -0.25) is 0 Å². The molecule has 2 heterocycles. The lowest BCUT2D eigenvalue weighted by Gasteiger charge is -2.20. The van der Waals surface area contributed by atoms with E-state index in [9.17, 15) is 0 Å². The first kappa shape index (κ1) is 20.3. The second-order valence-corrected chi connectivity index (χ2v) is 8.49. The summed E-state index contributed by atoms with van der Waals surface area (Å²) >= 11 is 0. The Hall–Kier alpha value is -4.31. The number of benzene rings is 4. The summed E-state index contributed by atoms with van der Waals surface area (Å²) in [6.07, 6.45) is 5.00. The van der Waals surface area contributed by atoms with E-state index in [1.807, 2.05) is 24.3 Å². The van der Waals surface area contributed by atoms with Gasteiger partial charge in [0.15, 0.2) is 11.7 Å². The topological polar surface area (TPSA) is 32.5 Å². The van der Waals surface area contributed by atoms with Crippen LogP contribution in [0.1, 0.15) is 5.89 Å². The zero-order chi connectivity index (χ0) is 22.7. The van der Waals surface area contributed by atoms with E-state index in [0.29, 0.717) is 0 Å². The molecule has 1 aliphatic heterocycles. The Labute approximate surface area is 199 Å². The molecule has 1 aliphatic rings. The highest BCUT2D eigenvalue weighted by Crippen LogP contribution is 2.36. The van der Waals surface area contributed by atoms with E-state index in [4.69, 9.17) is 9.40 Å². The molecule has 4 aromatic carbocycles. The van der Waals surface area contributed by atoms with Crippen molar-refractivity contribution in [2.24, 2.45) is 0 Å². The van der Waals surface area contributed by atoms with Gasteiger partial charge in [-0.05, 0) is 22.9 Å². The summed E-state index contributed by atoms with van der Waals surface area (Å²) in [7, 11) is 0. The molecule has 34 heavy (non-hydrogen) atoms. The fraction of sp³-hybridized carbons (Fsp3) is 0.100. The average molecular weight is 444 g/mol. The van der Waals surface area contributed by atoms with Crippen molar-refractivity contribution in [3.8, 4) is 22.6 Å². The second-order valence-electron chi connectivity index (χ2n) is 8.49. The molecule has 0 atom stereocenters. The lowest BCUT2D eigenvalue weighted by molar-refractivity contribution is 0.385. The third-order valence-corrected chi connectivity index (χ3v) is 6.25. The third-order valence-electron chi connectivity index (χ3n) is 6.25. The van der Waals surface area contributed by atoms with Crippen molar-refractivity contribution < 1.29 is 4.42 Å². The monoisotopic (exact) mass is 443 g/mol. The highest BCUT2D eigenvalue weighted by atomic mass is 16.4. The lowest BCUT2D eigenvalue weighted by atomic mass is 10.00. The van der Waals surface area contributed by atoms with E-state index in [0.717, 1.165) is 48.1 Å². The van der Waals surface area contributed by atoms with Crippen molar-refractivity contribution in [1.29, 1.82) is 0 Å². The molecule has 0 aliphatic carbocycles. The fourth-order valence-corrected chi connectivity index (χ4v) is 4.51. The summed E-state index contributed by atoms with van der Waals surface area (Å²) in [6, 6.07) is 35.5. The lowest BCUT2D eigenvalue weighted by Crippen LogP contribution is -2.26. The van der Waals surface area contributed by atoms with E-state index >= 15 is 0 Å². The number of hydrogen-bond acceptors (Lipinski definition) is 4. The molecule has 0 radical (unpaired) electrons. The summed E-state index contributed by atoms with van der Waals surface area (Å²) in [5.41, 5.74) is 4.24. The van der Waals surface area contributed by atoms with Crippen molar-refractivity contribution in [2.45, 2.75) is 6.42 Å². The van der Waals surface area contributed by atoms with E-state index < -0.39 is 0 Å². The van der Waals surface area contributed by atoms with Crippen LogP contribution in [0.25, 0.3) is 33.4 Å². The van der Waals surface area contributed by atoms with E-state index in [1.165, 1.54) is 16.5 Å². The molecule has 0 spiro atoms. The molecule has 0 amide bonds. The number of aromatic nitrogens is 1. The standard InChI is InChI=1S/C30H25N3O/c1-3-11-24(12-4-1)29-30(27-17-9-13-23-10-7-8-16-26(23)27)34-28(31-29)18-19-32-20-21-33(22-32)25-14-5-2-6-15-25/h1-17,20-21H,18-19,22H2. The van der Waals surface area contributed by atoms with Gasteiger partial charge in [0.2, 0.25) is 0 Å². The van der Waals surface area contributed by atoms with Gasteiger partial charge in [-0.2, -0.15) is 0 Å². The van der Waals surface area contributed by atoms with Crippen LogP contribution in [0, 0.1) is 0 Å². The molecule has 1 aromatic heterocycles. The molecule has 166 valence electrons.